The molecule has 0 radical (unpaired) electrons. The van der Waals surface area contributed by atoms with Gasteiger partial charge < -0.3 is 5.32 Å². The number of carbonyl (C=O) groups excluding carboxylic acids is 1. The van der Waals surface area contributed by atoms with Gasteiger partial charge >= 0.3 is 0 Å². The van der Waals surface area contributed by atoms with Crippen molar-refractivity contribution in [2.24, 2.45) is 0 Å². The van der Waals surface area contributed by atoms with Gasteiger partial charge in [-0.3, -0.25) is 15.0 Å². The van der Waals surface area contributed by atoms with E-state index in [0.29, 0.717) is 5.56 Å². The fourth-order valence-electron chi connectivity index (χ4n) is 1.80. The predicted molar refractivity (Wildman–Crippen MR) is 67.4 cm³/mol. The van der Waals surface area contributed by atoms with Crippen molar-refractivity contribution >= 4 is 22.5 Å². The van der Waals surface area contributed by atoms with Crippen molar-refractivity contribution in [1.29, 1.82) is 0 Å². The molecule has 2 aromatic heterocycles. The molecule has 3 N–H and O–H groups in total. The number of fused-ring (bicyclic) bond motifs is 1. The summed E-state index contributed by atoms with van der Waals surface area (Å²) in [5.74, 6) is -0.185. The topological polar surface area (TPSA) is 86.5 Å². The molecular formula is C12H11N5O. The maximum Gasteiger partial charge on any atom is 0.258 e. The van der Waals surface area contributed by atoms with Crippen molar-refractivity contribution in [2.45, 2.75) is 6.92 Å². The van der Waals surface area contributed by atoms with Crippen LogP contribution in [0, 0.1) is 6.92 Å². The van der Waals surface area contributed by atoms with E-state index in [1.165, 1.54) is 6.20 Å². The molecule has 2 heterocycles. The summed E-state index contributed by atoms with van der Waals surface area (Å²) in [7, 11) is 0. The van der Waals surface area contributed by atoms with Gasteiger partial charge in [0.05, 0.1) is 23.5 Å². The Morgan fingerprint density at radius 3 is 2.94 bits per heavy atom. The van der Waals surface area contributed by atoms with E-state index in [-0.39, 0.29) is 5.91 Å². The van der Waals surface area contributed by atoms with Gasteiger partial charge in [-0.25, -0.2) is 0 Å². The Hall–Kier alpha value is -2.63. The molecule has 0 aliphatic carbocycles. The zero-order chi connectivity index (χ0) is 12.5. The number of hydrogen-bond donors (Lipinski definition) is 3. The van der Waals surface area contributed by atoms with E-state index in [1.54, 1.807) is 12.4 Å². The fraction of sp³-hybridized carbons (Fsp3) is 0.0833. The van der Waals surface area contributed by atoms with Gasteiger partial charge in [-0.2, -0.15) is 10.2 Å². The van der Waals surface area contributed by atoms with E-state index < -0.39 is 0 Å². The van der Waals surface area contributed by atoms with Gasteiger partial charge in [0.25, 0.3) is 5.91 Å². The number of aryl methyl sites for hydroxylation is 1. The number of rotatable bonds is 2. The molecule has 3 rings (SSSR count). The first-order chi connectivity index (χ1) is 8.74. The molecule has 6 heteroatoms. The number of nitrogens with zero attached hydrogens (tertiary/aromatic N) is 2. The number of benzene rings is 1. The number of nitrogens with one attached hydrogen (secondary N) is 3. The standard InChI is InChI=1S/C12H11N5O/c1-7-2-11-8(4-15-17-11)3-10(7)16-12(18)9-5-13-14-6-9/h2-6H,1H3,(H,13,14)(H,15,17)(H,16,18). The number of aromatic nitrogens is 4. The Bertz CT molecular complexity index is 698. The molecule has 0 aliphatic rings. The van der Waals surface area contributed by atoms with E-state index in [9.17, 15) is 4.79 Å². The maximum atomic E-state index is 11.9. The lowest BCUT2D eigenvalue weighted by atomic mass is 10.1. The molecule has 1 amide bonds. The van der Waals surface area contributed by atoms with Crippen LogP contribution in [0.25, 0.3) is 10.9 Å². The third kappa shape index (κ3) is 1.73. The largest absolute Gasteiger partial charge is 0.322 e. The molecule has 90 valence electrons. The van der Waals surface area contributed by atoms with Crippen molar-refractivity contribution in [3.8, 4) is 0 Å². The average Bonchev–Trinajstić information content (AvgIpc) is 2.98. The van der Waals surface area contributed by atoms with Gasteiger partial charge in [-0.05, 0) is 24.6 Å². The predicted octanol–water partition coefficient (Wildman–Crippen LogP) is 1.85. The van der Waals surface area contributed by atoms with Gasteiger partial charge in [0, 0.05) is 17.3 Å². The van der Waals surface area contributed by atoms with Crippen LogP contribution in [0.3, 0.4) is 0 Å². The lowest BCUT2D eigenvalue weighted by molar-refractivity contribution is 0.102. The molecule has 0 unspecified atom stereocenters. The molecule has 1 aromatic carbocycles. The first-order valence-electron chi connectivity index (χ1n) is 5.48. The molecule has 0 bridgehead atoms. The Balaban J connectivity index is 1.94. The minimum Gasteiger partial charge on any atom is -0.322 e. The lowest BCUT2D eigenvalue weighted by Crippen LogP contribution is -2.11. The second-order valence-corrected chi connectivity index (χ2v) is 4.07. The summed E-state index contributed by atoms with van der Waals surface area (Å²) in [4.78, 5) is 11.9. The molecule has 0 atom stereocenters. The summed E-state index contributed by atoms with van der Waals surface area (Å²) >= 11 is 0. The van der Waals surface area contributed by atoms with Crippen LogP contribution in [-0.2, 0) is 0 Å². The molecule has 0 fully saturated rings. The van der Waals surface area contributed by atoms with E-state index in [1.807, 2.05) is 19.1 Å². The van der Waals surface area contributed by atoms with Crippen LogP contribution >= 0.6 is 0 Å². The average molecular weight is 241 g/mol. The van der Waals surface area contributed by atoms with Crippen LogP contribution in [0.15, 0.2) is 30.7 Å². The van der Waals surface area contributed by atoms with Crippen LogP contribution < -0.4 is 5.32 Å². The van der Waals surface area contributed by atoms with Crippen molar-refractivity contribution in [1.82, 2.24) is 20.4 Å². The molecule has 0 saturated heterocycles. The quantitative estimate of drug-likeness (QED) is 0.639. The Morgan fingerprint density at radius 1 is 1.28 bits per heavy atom. The number of anilines is 1. The minimum absolute atomic E-state index is 0.185. The third-order valence-corrected chi connectivity index (χ3v) is 2.79. The number of aromatic amines is 2. The molecule has 0 aliphatic heterocycles. The monoisotopic (exact) mass is 241 g/mol. The van der Waals surface area contributed by atoms with E-state index in [0.717, 1.165) is 22.2 Å². The van der Waals surface area contributed by atoms with Gasteiger partial charge in [-0.15, -0.1) is 0 Å². The first kappa shape index (κ1) is 10.5. The number of H-pyrrole nitrogens is 2. The van der Waals surface area contributed by atoms with Crippen LogP contribution in [0.4, 0.5) is 5.69 Å². The Morgan fingerprint density at radius 2 is 2.17 bits per heavy atom. The van der Waals surface area contributed by atoms with Gasteiger partial charge in [-0.1, -0.05) is 0 Å². The van der Waals surface area contributed by atoms with Crippen molar-refractivity contribution in [3.05, 3.63) is 41.9 Å². The second kappa shape index (κ2) is 3.99. The summed E-state index contributed by atoms with van der Waals surface area (Å²) in [5, 5.41) is 17.0. The summed E-state index contributed by atoms with van der Waals surface area (Å²) in [6.45, 7) is 1.94. The normalized spacial score (nSPS) is 10.7. The highest BCUT2D eigenvalue weighted by Gasteiger charge is 2.09. The van der Waals surface area contributed by atoms with Crippen LogP contribution in [-0.4, -0.2) is 26.3 Å². The zero-order valence-corrected chi connectivity index (χ0v) is 9.69. The molecule has 6 nitrogen and oxygen atoms in total. The Kier molecular flexibility index (Phi) is 2.33. The third-order valence-electron chi connectivity index (χ3n) is 2.79. The van der Waals surface area contributed by atoms with Gasteiger partial charge in [0.15, 0.2) is 0 Å². The molecule has 0 spiro atoms. The van der Waals surface area contributed by atoms with E-state index in [4.69, 9.17) is 0 Å². The number of hydrogen-bond acceptors (Lipinski definition) is 3. The van der Waals surface area contributed by atoms with Crippen molar-refractivity contribution in [3.63, 3.8) is 0 Å². The molecular weight excluding hydrogens is 230 g/mol. The first-order valence-corrected chi connectivity index (χ1v) is 5.48. The van der Waals surface area contributed by atoms with Gasteiger partial charge in [0.1, 0.15) is 0 Å². The molecule has 0 saturated carbocycles. The van der Waals surface area contributed by atoms with E-state index >= 15 is 0 Å². The van der Waals surface area contributed by atoms with Crippen LogP contribution in [0.1, 0.15) is 15.9 Å². The van der Waals surface area contributed by atoms with Crippen LogP contribution in [0.5, 0.6) is 0 Å². The summed E-state index contributed by atoms with van der Waals surface area (Å²) in [6, 6.07) is 3.85. The zero-order valence-electron chi connectivity index (χ0n) is 9.69. The van der Waals surface area contributed by atoms with Gasteiger partial charge in [0.2, 0.25) is 0 Å². The van der Waals surface area contributed by atoms with Crippen molar-refractivity contribution in [2.75, 3.05) is 5.32 Å². The highest BCUT2D eigenvalue weighted by molar-refractivity contribution is 6.05. The summed E-state index contributed by atoms with van der Waals surface area (Å²) in [6.07, 6.45) is 4.77. The number of carbonyl (C=O) groups is 1. The lowest BCUT2D eigenvalue weighted by Gasteiger charge is -2.07. The SMILES string of the molecule is Cc1cc2[nH]ncc2cc1NC(=O)c1cn[nH]c1. The summed E-state index contributed by atoms with van der Waals surface area (Å²) < 4.78 is 0. The van der Waals surface area contributed by atoms with Crippen LogP contribution in [0.2, 0.25) is 0 Å². The maximum absolute atomic E-state index is 11.9. The number of amides is 1. The smallest absolute Gasteiger partial charge is 0.258 e. The summed E-state index contributed by atoms with van der Waals surface area (Å²) in [5.41, 5.74) is 3.20. The second-order valence-electron chi connectivity index (χ2n) is 4.07. The molecule has 18 heavy (non-hydrogen) atoms. The highest BCUT2D eigenvalue weighted by Crippen LogP contribution is 2.22. The Labute approximate surface area is 102 Å². The van der Waals surface area contributed by atoms with Crippen molar-refractivity contribution < 1.29 is 4.79 Å². The molecule has 3 aromatic rings. The fourth-order valence-corrected chi connectivity index (χ4v) is 1.80. The van der Waals surface area contributed by atoms with E-state index in [2.05, 4.69) is 25.7 Å². The highest BCUT2D eigenvalue weighted by atomic mass is 16.1. The minimum atomic E-state index is -0.185.